The lowest BCUT2D eigenvalue weighted by Crippen LogP contribution is -2.15. The van der Waals surface area contributed by atoms with Crippen LogP contribution in [0, 0.1) is 6.92 Å². The Balaban J connectivity index is 2.42. The zero-order valence-electron chi connectivity index (χ0n) is 15.3. The molecule has 0 saturated heterocycles. The van der Waals surface area contributed by atoms with Gasteiger partial charge in [0.05, 0.1) is 18.6 Å². The Labute approximate surface area is 150 Å². The van der Waals surface area contributed by atoms with Crippen molar-refractivity contribution < 1.29 is 17.9 Å². The third-order valence-corrected chi connectivity index (χ3v) is 5.45. The van der Waals surface area contributed by atoms with E-state index in [2.05, 4.69) is 4.72 Å². The van der Waals surface area contributed by atoms with Crippen molar-refractivity contribution in [3.63, 3.8) is 0 Å². The number of hydrogen-bond donors (Lipinski definition) is 1. The number of rotatable bonds is 7. The smallest absolute Gasteiger partial charge is 0.262 e. The van der Waals surface area contributed by atoms with E-state index in [9.17, 15) is 8.42 Å². The molecule has 0 aliphatic rings. The van der Waals surface area contributed by atoms with Crippen LogP contribution in [0.3, 0.4) is 0 Å². The second-order valence-electron chi connectivity index (χ2n) is 6.25. The van der Waals surface area contributed by atoms with Gasteiger partial charge in [0.2, 0.25) is 0 Å². The van der Waals surface area contributed by atoms with Crippen LogP contribution < -0.4 is 9.46 Å². The van der Waals surface area contributed by atoms with E-state index in [0.717, 1.165) is 11.1 Å². The summed E-state index contributed by atoms with van der Waals surface area (Å²) in [5.41, 5.74) is 2.91. The highest BCUT2D eigenvalue weighted by Crippen LogP contribution is 2.32. The van der Waals surface area contributed by atoms with E-state index in [-0.39, 0.29) is 10.8 Å². The molecule has 0 radical (unpaired) electrons. The minimum absolute atomic E-state index is 0.148. The van der Waals surface area contributed by atoms with Crippen LogP contribution in [0.25, 0.3) is 0 Å². The maximum Gasteiger partial charge on any atom is 0.262 e. The Morgan fingerprint density at radius 2 is 1.84 bits per heavy atom. The molecule has 0 spiro atoms. The van der Waals surface area contributed by atoms with Gasteiger partial charge in [0.1, 0.15) is 5.75 Å². The highest BCUT2D eigenvalue weighted by molar-refractivity contribution is 7.92. The second kappa shape index (κ2) is 7.89. The van der Waals surface area contributed by atoms with Crippen molar-refractivity contribution in [3.05, 3.63) is 53.1 Å². The minimum Gasteiger partial charge on any atom is -0.496 e. The summed E-state index contributed by atoms with van der Waals surface area (Å²) in [4.78, 5) is 0.258. The Bertz CT molecular complexity index is 844. The van der Waals surface area contributed by atoms with E-state index in [1.54, 1.807) is 51.5 Å². The monoisotopic (exact) mass is 363 g/mol. The van der Waals surface area contributed by atoms with Crippen LogP contribution in [0.5, 0.6) is 5.75 Å². The number of anilines is 1. The zero-order chi connectivity index (χ0) is 18.6. The van der Waals surface area contributed by atoms with Crippen molar-refractivity contribution in [2.45, 2.75) is 38.2 Å². The van der Waals surface area contributed by atoms with Crippen LogP contribution in [-0.2, 0) is 21.4 Å². The van der Waals surface area contributed by atoms with Crippen LogP contribution in [0.4, 0.5) is 5.69 Å². The third-order valence-electron chi connectivity index (χ3n) is 3.93. The molecule has 0 aliphatic heterocycles. The molecule has 0 aromatic heterocycles. The van der Waals surface area contributed by atoms with Gasteiger partial charge in [-0.1, -0.05) is 26.0 Å². The van der Waals surface area contributed by atoms with Gasteiger partial charge in [0.15, 0.2) is 0 Å². The molecule has 6 heteroatoms. The zero-order valence-corrected chi connectivity index (χ0v) is 16.1. The summed E-state index contributed by atoms with van der Waals surface area (Å²) in [6, 6.07) is 10.6. The SMILES string of the molecule is COCc1cccc(NS(=O)(=O)c2cc(C(C)C)c(OC)cc2C)c1. The molecule has 2 rings (SSSR count). The van der Waals surface area contributed by atoms with E-state index in [4.69, 9.17) is 9.47 Å². The number of nitrogens with one attached hydrogen (secondary N) is 1. The minimum atomic E-state index is -3.70. The molecule has 0 saturated carbocycles. The molecule has 0 unspecified atom stereocenters. The van der Waals surface area contributed by atoms with Crippen molar-refractivity contribution in [1.82, 2.24) is 0 Å². The van der Waals surface area contributed by atoms with Crippen LogP contribution in [0.2, 0.25) is 0 Å². The van der Waals surface area contributed by atoms with Gasteiger partial charge in [-0.05, 0) is 53.8 Å². The van der Waals surface area contributed by atoms with Gasteiger partial charge in [-0.25, -0.2) is 8.42 Å². The summed E-state index contributed by atoms with van der Waals surface area (Å²) in [6.45, 7) is 6.20. The lowest BCUT2D eigenvalue weighted by atomic mass is 10.0. The number of hydrogen-bond acceptors (Lipinski definition) is 4. The molecule has 0 amide bonds. The van der Waals surface area contributed by atoms with E-state index in [1.807, 2.05) is 19.9 Å². The average Bonchev–Trinajstić information content (AvgIpc) is 2.54. The van der Waals surface area contributed by atoms with E-state index >= 15 is 0 Å². The summed E-state index contributed by atoms with van der Waals surface area (Å²) in [6.07, 6.45) is 0. The maximum absolute atomic E-state index is 12.9. The van der Waals surface area contributed by atoms with Crippen molar-refractivity contribution in [3.8, 4) is 5.75 Å². The Kier molecular flexibility index (Phi) is 6.08. The van der Waals surface area contributed by atoms with Crippen LogP contribution >= 0.6 is 0 Å². The Hall–Kier alpha value is -2.05. The summed E-state index contributed by atoms with van der Waals surface area (Å²) < 4.78 is 38.9. The van der Waals surface area contributed by atoms with Gasteiger partial charge in [-0.15, -0.1) is 0 Å². The van der Waals surface area contributed by atoms with E-state index in [0.29, 0.717) is 23.6 Å². The van der Waals surface area contributed by atoms with Crippen LogP contribution in [0.1, 0.15) is 36.5 Å². The van der Waals surface area contributed by atoms with Gasteiger partial charge in [-0.2, -0.15) is 0 Å². The Morgan fingerprint density at radius 1 is 1.12 bits per heavy atom. The predicted molar refractivity (Wildman–Crippen MR) is 99.8 cm³/mol. The van der Waals surface area contributed by atoms with E-state index in [1.165, 1.54) is 0 Å². The van der Waals surface area contributed by atoms with Crippen LogP contribution in [0.15, 0.2) is 41.3 Å². The fourth-order valence-electron chi connectivity index (χ4n) is 2.70. The Morgan fingerprint density at radius 3 is 2.44 bits per heavy atom. The second-order valence-corrected chi connectivity index (χ2v) is 7.90. The van der Waals surface area contributed by atoms with Crippen molar-refractivity contribution in [2.75, 3.05) is 18.9 Å². The van der Waals surface area contributed by atoms with Gasteiger partial charge >= 0.3 is 0 Å². The first-order chi connectivity index (χ1) is 11.8. The summed E-state index contributed by atoms with van der Waals surface area (Å²) >= 11 is 0. The molecule has 0 atom stereocenters. The summed E-state index contributed by atoms with van der Waals surface area (Å²) in [5.74, 6) is 0.850. The number of aryl methyl sites for hydroxylation is 1. The van der Waals surface area contributed by atoms with Gasteiger partial charge in [-0.3, -0.25) is 4.72 Å². The first-order valence-corrected chi connectivity index (χ1v) is 9.56. The number of sulfonamides is 1. The van der Waals surface area contributed by atoms with Crippen molar-refractivity contribution in [1.29, 1.82) is 0 Å². The first kappa shape index (κ1) is 19.3. The molecule has 2 aromatic rings. The normalized spacial score (nSPS) is 11.6. The molecular formula is C19H25NO4S. The average molecular weight is 363 g/mol. The number of methoxy groups -OCH3 is 2. The van der Waals surface area contributed by atoms with E-state index < -0.39 is 10.0 Å². The third kappa shape index (κ3) is 4.52. The predicted octanol–water partition coefficient (Wildman–Crippen LogP) is 4.07. The lowest BCUT2D eigenvalue weighted by Gasteiger charge is -2.17. The number of benzene rings is 2. The number of ether oxygens (including phenoxy) is 2. The quantitative estimate of drug-likeness (QED) is 0.805. The highest BCUT2D eigenvalue weighted by atomic mass is 32.2. The fourth-order valence-corrected chi connectivity index (χ4v) is 4.01. The highest BCUT2D eigenvalue weighted by Gasteiger charge is 2.21. The van der Waals surface area contributed by atoms with Gasteiger partial charge in [0.25, 0.3) is 10.0 Å². The molecular weight excluding hydrogens is 338 g/mol. The standard InChI is InChI=1S/C19H25NO4S/c1-13(2)17-11-19(14(3)9-18(17)24-5)25(21,22)20-16-8-6-7-15(10-16)12-23-4/h6-11,13,20H,12H2,1-5H3. The largest absolute Gasteiger partial charge is 0.496 e. The molecule has 2 aromatic carbocycles. The van der Waals surface area contributed by atoms with Gasteiger partial charge < -0.3 is 9.47 Å². The molecule has 1 N–H and O–H groups in total. The topological polar surface area (TPSA) is 64.6 Å². The molecule has 25 heavy (non-hydrogen) atoms. The molecule has 0 aliphatic carbocycles. The first-order valence-electron chi connectivity index (χ1n) is 8.07. The molecule has 0 bridgehead atoms. The fraction of sp³-hybridized carbons (Fsp3) is 0.368. The molecule has 5 nitrogen and oxygen atoms in total. The van der Waals surface area contributed by atoms with Crippen LogP contribution in [-0.4, -0.2) is 22.6 Å². The summed E-state index contributed by atoms with van der Waals surface area (Å²) in [7, 11) is -0.509. The summed E-state index contributed by atoms with van der Waals surface area (Å²) in [5, 5.41) is 0. The molecule has 0 fully saturated rings. The van der Waals surface area contributed by atoms with Gasteiger partial charge in [0, 0.05) is 12.8 Å². The van der Waals surface area contributed by atoms with Crippen molar-refractivity contribution in [2.24, 2.45) is 0 Å². The molecule has 0 heterocycles. The lowest BCUT2D eigenvalue weighted by molar-refractivity contribution is 0.185. The molecule has 136 valence electrons. The van der Waals surface area contributed by atoms with Crippen molar-refractivity contribution >= 4 is 15.7 Å². The maximum atomic E-state index is 12.9.